The molecule has 6 aromatic rings. The Morgan fingerprint density at radius 3 is 2.26 bits per heavy atom. The molecular formula is C29H32N13O+. The van der Waals surface area contributed by atoms with Crippen molar-refractivity contribution in [2.45, 2.75) is 26.9 Å². The maximum atomic E-state index is 11.8. The molecule has 218 valence electrons. The predicted molar refractivity (Wildman–Crippen MR) is 167 cm³/mol. The zero-order valence-electron chi connectivity index (χ0n) is 24.0. The Bertz CT molecular complexity index is 1940. The molecule has 0 radical (unpaired) electrons. The van der Waals surface area contributed by atoms with Crippen molar-refractivity contribution in [2.75, 3.05) is 34.5 Å². The number of H-pyrrole nitrogens is 2. The summed E-state index contributed by atoms with van der Waals surface area (Å²) in [5.41, 5.74) is 24.0. The average molecular weight is 579 g/mol. The summed E-state index contributed by atoms with van der Waals surface area (Å²) in [6.07, 6.45) is 3.38. The molecule has 4 aromatic heterocycles. The number of aromatic nitrogens is 8. The van der Waals surface area contributed by atoms with Crippen LogP contribution in [0.25, 0.3) is 22.3 Å². The SMILES string of the molecule is Cc1ccc(N(C)Cc2c[nH+]c3nc(N)nc(N)c3n2)cc1.Cc1ccc(NCc2cnc3nc(N)[nH]c(=O)c3n2)cc1. The molecule has 14 nitrogen and oxygen atoms in total. The second-order valence-electron chi connectivity index (χ2n) is 9.95. The Kier molecular flexibility index (Phi) is 8.18. The smallest absolute Gasteiger partial charge is 0.355 e. The summed E-state index contributed by atoms with van der Waals surface area (Å²) < 4.78 is 0. The third kappa shape index (κ3) is 7.05. The molecule has 0 unspecified atom stereocenters. The van der Waals surface area contributed by atoms with Crippen molar-refractivity contribution in [1.29, 1.82) is 0 Å². The van der Waals surface area contributed by atoms with Crippen LogP contribution in [0.3, 0.4) is 0 Å². The van der Waals surface area contributed by atoms with Crippen molar-refractivity contribution in [3.05, 3.63) is 93.8 Å². The number of nitrogens with zero attached hydrogens (tertiary/aromatic N) is 7. The highest BCUT2D eigenvalue weighted by molar-refractivity contribution is 5.79. The monoisotopic (exact) mass is 578 g/mol. The summed E-state index contributed by atoms with van der Waals surface area (Å²) in [6.45, 7) is 5.21. The quantitative estimate of drug-likeness (QED) is 0.192. The van der Waals surface area contributed by atoms with E-state index in [1.54, 1.807) is 12.4 Å². The minimum atomic E-state index is -0.387. The van der Waals surface area contributed by atoms with Gasteiger partial charge in [0, 0.05) is 23.4 Å². The van der Waals surface area contributed by atoms with E-state index in [2.05, 4.69) is 81.3 Å². The maximum absolute atomic E-state index is 11.8. The molecule has 4 heterocycles. The van der Waals surface area contributed by atoms with E-state index in [0.29, 0.717) is 29.9 Å². The van der Waals surface area contributed by atoms with Crippen LogP contribution in [-0.4, -0.2) is 41.9 Å². The molecule has 0 saturated heterocycles. The third-order valence-corrected chi connectivity index (χ3v) is 6.44. The van der Waals surface area contributed by atoms with Crippen molar-refractivity contribution >= 4 is 51.4 Å². The van der Waals surface area contributed by atoms with E-state index in [4.69, 9.17) is 17.2 Å². The van der Waals surface area contributed by atoms with E-state index < -0.39 is 0 Å². The van der Waals surface area contributed by atoms with Gasteiger partial charge in [0.15, 0.2) is 22.5 Å². The number of rotatable bonds is 6. The molecule has 0 aliphatic carbocycles. The van der Waals surface area contributed by atoms with Crippen molar-refractivity contribution in [3.63, 3.8) is 0 Å². The van der Waals surface area contributed by atoms with Gasteiger partial charge >= 0.3 is 11.6 Å². The average Bonchev–Trinajstić information content (AvgIpc) is 2.98. The Hall–Kier alpha value is -5.92. The predicted octanol–water partition coefficient (Wildman–Crippen LogP) is 2.16. The summed E-state index contributed by atoms with van der Waals surface area (Å²) in [7, 11) is 2.01. The molecule has 43 heavy (non-hydrogen) atoms. The number of nitrogens with two attached hydrogens (primary N) is 3. The zero-order valence-corrected chi connectivity index (χ0v) is 24.0. The Morgan fingerprint density at radius 1 is 0.860 bits per heavy atom. The molecule has 0 atom stereocenters. The van der Waals surface area contributed by atoms with Crippen LogP contribution in [0, 0.1) is 13.8 Å². The van der Waals surface area contributed by atoms with Gasteiger partial charge in [-0.3, -0.25) is 9.78 Å². The molecule has 2 aromatic carbocycles. The first-order chi connectivity index (χ1) is 20.6. The Balaban J connectivity index is 0.000000171. The number of fused-ring (bicyclic) bond motifs is 2. The van der Waals surface area contributed by atoms with Crippen LogP contribution in [0.5, 0.6) is 0 Å². The van der Waals surface area contributed by atoms with E-state index in [-0.39, 0.29) is 34.4 Å². The lowest BCUT2D eigenvalue weighted by molar-refractivity contribution is -0.349. The zero-order chi connectivity index (χ0) is 30.5. The topological polar surface area (TPSA) is 218 Å². The third-order valence-electron chi connectivity index (χ3n) is 6.44. The number of hydrogen-bond acceptors (Lipinski definition) is 12. The molecule has 0 aliphatic rings. The van der Waals surface area contributed by atoms with Crippen molar-refractivity contribution in [3.8, 4) is 0 Å². The highest BCUT2D eigenvalue weighted by Gasteiger charge is 2.15. The normalized spacial score (nSPS) is 10.8. The highest BCUT2D eigenvalue weighted by atomic mass is 16.1. The second kappa shape index (κ2) is 12.3. The van der Waals surface area contributed by atoms with Gasteiger partial charge in [-0.05, 0) is 38.1 Å². The number of anilines is 5. The van der Waals surface area contributed by atoms with Gasteiger partial charge in [-0.25, -0.2) is 19.9 Å². The van der Waals surface area contributed by atoms with E-state index >= 15 is 0 Å². The van der Waals surface area contributed by atoms with E-state index in [1.807, 2.05) is 38.2 Å². The number of aryl methyl sites for hydroxylation is 2. The fourth-order valence-corrected chi connectivity index (χ4v) is 4.16. The van der Waals surface area contributed by atoms with Gasteiger partial charge in [-0.15, -0.1) is 0 Å². The van der Waals surface area contributed by atoms with Crippen molar-refractivity contribution < 1.29 is 4.98 Å². The number of aromatic amines is 2. The first-order valence-electron chi connectivity index (χ1n) is 13.3. The number of benzene rings is 2. The number of nitrogen functional groups attached to an aromatic ring is 3. The van der Waals surface area contributed by atoms with Gasteiger partial charge in [0.05, 0.1) is 30.7 Å². The fraction of sp³-hybridized carbons (Fsp3) is 0.172. The van der Waals surface area contributed by atoms with E-state index in [1.165, 1.54) is 11.1 Å². The molecule has 0 saturated carbocycles. The van der Waals surface area contributed by atoms with Gasteiger partial charge in [0.1, 0.15) is 6.20 Å². The molecule has 14 heteroatoms. The van der Waals surface area contributed by atoms with Crippen LogP contribution < -0.4 is 38.0 Å². The summed E-state index contributed by atoms with van der Waals surface area (Å²) in [5, 5.41) is 3.22. The van der Waals surface area contributed by atoms with Gasteiger partial charge in [0.2, 0.25) is 5.95 Å². The first-order valence-corrected chi connectivity index (χ1v) is 13.3. The van der Waals surface area contributed by atoms with Crippen molar-refractivity contribution in [2.24, 2.45) is 0 Å². The van der Waals surface area contributed by atoms with Crippen LogP contribution in [0.4, 0.5) is 29.1 Å². The van der Waals surface area contributed by atoms with Crippen LogP contribution in [-0.2, 0) is 13.1 Å². The van der Waals surface area contributed by atoms with Crippen molar-refractivity contribution in [1.82, 2.24) is 34.9 Å². The van der Waals surface area contributed by atoms with E-state index in [0.717, 1.165) is 17.1 Å². The molecule has 9 N–H and O–H groups in total. The molecule has 0 bridgehead atoms. The first kappa shape index (κ1) is 28.6. The van der Waals surface area contributed by atoms with Gasteiger partial charge in [0.25, 0.3) is 5.56 Å². The molecule has 0 aliphatic heterocycles. The summed E-state index contributed by atoms with van der Waals surface area (Å²) in [4.78, 5) is 44.2. The van der Waals surface area contributed by atoms with Crippen LogP contribution in [0.15, 0.2) is 65.7 Å². The lowest BCUT2D eigenvalue weighted by atomic mass is 10.2. The fourth-order valence-electron chi connectivity index (χ4n) is 4.16. The van der Waals surface area contributed by atoms with Crippen LogP contribution in [0.2, 0.25) is 0 Å². The van der Waals surface area contributed by atoms with Crippen LogP contribution >= 0.6 is 0 Å². The molecular weight excluding hydrogens is 546 g/mol. The Labute approximate surface area is 246 Å². The highest BCUT2D eigenvalue weighted by Crippen LogP contribution is 2.17. The largest absolute Gasteiger partial charge is 0.381 e. The van der Waals surface area contributed by atoms with Crippen LogP contribution in [0.1, 0.15) is 22.5 Å². The van der Waals surface area contributed by atoms with Gasteiger partial charge in [-0.1, -0.05) is 35.4 Å². The minimum Gasteiger partial charge on any atom is -0.381 e. The lowest BCUT2D eigenvalue weighted by Gasteiger charge is -2.18. The summed E-state index contributed by atoms with van der Waals surface area (Å²) in [5.74, 6) is 0.443. The van der Waals surface area contributed by atoms with E-state index in [9.17, 15) is 4.79 Å². The van der Waals surface area contributed by atoms with Gasteiger partial charge in [-0.2, -0.15) is 9.97 Å². The minimum absolute atomic E-state index is 0.0346. The number of nitrogens with one attached hydrogen (secondary N) is 3. The lowest BCUT2D eigenvalue weighted by Crippen LogP contribution is -2.20. The standard InChI is InChI=1S/C15H17N7.C14H14N6O/c1-9-3-5-11(6-4-9)22(2)8-10-7-18-14-12(19-10)13(16)20-15(17)21-14;1-8-2-4-9(5-3-8)16-6-10-7-17-12-11(18-10)13(21)20-14(15)19-12/h3-7H,8H2,1-2H3,(H4,16,17,18,20,21);2-5,7,16H,6H2,1H3,(H3,15,17,19,20,21)/p+1. The summed E-state index contributed by atoms with van der Waals surface area (Å²) >= 11 is 0. The molecule has 0 amide bonds. The van der Waals surface area contributed by atoms with Gasteiger partial charge < -0.3 is 27.4 Å². The number of hydrogen-bond donors (Lipinski definition) is 5. The molecule has 6 rings (SSSR count). The maximum Gasteiger partial charge on any atom is 0.355 e. The second-order valence-corrected chi connectivity index (χ2v) is 9.95. The Morgan fingerprint density at radius 2 is 1.53 bits per heavy atom. The molecule has 0 spiro atoms. The summed E-state index contributed by atoms with van der Waals surface area (Å²) in [6, 6.07) is 16.3. The molecule has 0 fully saturated rings.